The lowest BCUT2D eigenvalue weighted by atomic mass is 9.98. The Morgan fingerprint density at radius 3 is 2.33 bits per heavy atom. The van der Waals surface area contributed by atoms with Crippen molar-refractivity contribution in [2.45, 2.75) is 31.1 Å². The summed E-state index contributed by atoms with van der Waals surface area (Å²) in [6.45, 7) is 4.45. The van der Waals surface area contributed by atoms with E-state index in [0.717, 1.165) is 0 Å². The summed E-state index contributed by atoms with van der Waals surface area (Å²) in [5.74, 6) is 10.0. The van der Waals surface area contributed by atoms with Gasteiger partial charge in [0.15, 0.2) is 0 Å². The molecule has 0 spiro atoms. The Kier molecular flexibility index (Phi) is 5.42. The third kappa shape index (κ3) is 3.44. The molecule has 4 heteroatoms. The van der Waals surface area contributed by atoms with Crippen LogP contribution in [0.5, 0.6) is 0 Å². The largest absolute Gasteiger partial charge is 0.271 e. The third-order valence-electron chi connectivity index (χ3n) is 3.36. The van der Waals surface area contributed by atoms with E-state index in [1.54, 1.807) is 0 Å². The molecule has 1 aliphatic rings. The number of nitrogens with two attached hydrogens (primary N) is 1. The molecule has 0 aliphatic carbocycles. The second-order valence-electron chi connectivity index (χ2n) is 4.95. The van der Waals surface area contributed by atoms with Gasteiger partial charge in [-0.25, -0.2) is 0 Å². The van der Waals surface area contributed by atoms with E-state index in [0.29, 0.717) is 11.2 Å². The molecule has 1 aliphatic heterocycles. The Balaban J connectivity index is 2.11. The van der Waals surface area contributed by atoms with Crippen molar-refractivity contribution >= 4 is 23.5 Å². The van der Waals surface area contributed by atoms with Crippen molar-refractivity contribution in [3.05, 3.63) is 35.4 Å². The minimum Gasteiger partial charge on any atom is -0.271 e. The van der Waals surface area contributed by atoms with E-state index in [-0.39, 0.29) is 6.04 Å². The number of nitrogens with one attached hydrogen (secondary N) is 1. The summed E-state index contributed by atoms with van der Waals surface area (Å²) in [7, 11) is 0. The molecule has 3 N–H and O–H groups in total. The molecule has 1 saturated heterocycles. The quantitative estimate of drug-likeness (QED) is 0.657. The van der Waals surface area contributed by atoms with E-state index in [1.807, 2.05) is 23.5 Å². The maximum atomic E-state index is 5.76. The molecule has 18 heavy (non-hydrogen) atoms. The van der Waals surface area contributed by atoms with Gasteiger partial charge in [-0.05, 0) is 17.0 Å². The predicted molar refractivity (Wildman–Crippen MR) is 84.2 cm³/mol. The number of rotatable bonds is 4. The summed E-state index contributed by atoms with van der Waals surface area (Å²) in [6.07, 6.45) is 0. The first-order chi connectivity index (χ1) is 8.72. The molecule has 0 amide bonds. The van der Waals surface area contributed by atoms with Crippen molar-refractivity contribution in [3.8, 4) is 0 Å². The van der Waals surface area contributed by atoms with E-state index in [1.165, 1.54) is 28.4 Å². The molecule has 2 rings (SSSR count). The normalized spacial score (nSPS) is 22.1. The maximum absolute atomic E-state index is 5.76. The topological polar surface area (TPSA) is 38.0 Å². The van der Waals surface area contributed by atoms with Gasteiger partial charge in [0.1, 0.15) is 0 Å². The Morgan fingerprint density at radius 1 is 1.17 bits per heavy atom. The molecule has 2 nitrogen and oxygen atoms in total. The van der Waals surface area contributed by atoms with Crippen LogP contribution in [-0.4, -0.2) is 22.5 Å². The molecular formula is C14H22N2S2. The zero-order valence-corrected chi connectivity index (χ0v) is 12.7. The molecule has 0 saturated carbocycles. The SMILES string of the molecule is CC(C)c1ccc(C(NN)C2CSCCS2)cc1. The Hall–Kier alpha value is -0.160. The van der Waals surface area contributed by atoms with Gasteiger partial charge in [0.2, 0.25) is 0 Å². The summed E-state index contributed by atoms with van der Waals surface area (Å²) in [6, 6.07) is 9.17. The Bertz CT molecular complexity index is 359. The number of hydrogen-bond acceptors (Lipinski definition) is 4. The van der Waals surface area contributed by atoms with Crippen LogP contribution in [0.25, 0.3) is 0 Å². The summed E-state index contributed by atoms with van der Waals surface area (Å²) in [5, 5.41) is 0.582. The molecule has 100 valence electrons. The molecule has 0 radical (unpaired) electrons. The van der Waals surface area contributed by atoms with Crippen LogP contribution in [0, 0.1) is 0 Å². The van der Waals surface area contributed by atoms with Crippen LogP contribution in [0.1, 0.15) is 36.9 Å². The highest BCUT2D eigenvalue weighted by Gasteiger charge is 2.25. The van der Waals surface area contributed by atoms with Gasteiger partial charge in [0.05, 0.1) is 6.04 Å². The van der Waals surface area contributed by atoms with E-state index in [4.69, 9.17) is 5.84 Å². The lowest BCUT2D eigenvalue weighted by Crippen LogP contribution is -2.37. The first kappa shape index (κ1) is 14.3. The van der Waals surface area contributed by atoms with Gasteiger partial charge >= 0.3 is 0 Å². The van der Waals surface area contributed by atoms with Crippen LogP contribution in [0.15, 0.2) is 24.3 Å². The molecule has 2 atom stereocenters. The number of benzene rings is 1. The lowest BCUT2D eigenvalue weighted by molar-refractivity contribution is 0.552. The number of hydrazine groups is 1. The smallest absolute Gasteiger partial charge is 0.0586 e. The summed E-state index contributed by atoms with van der Waals surface area (Å²) < 4.78 is 0. The molecule has 2 unspecified atom stereocenters. The highest BCUT2D eigenvalue weighted by molar-refractivity contribution is 8.06. The molecule has 1 heterocycles. The molecule has 1 aromatic rings. The van der Waals surface area contributed by atoms with E-state index < -0.39 is 0 Å². The fraction of sp³-hybridized carbons (Fsp3) is 0.571. The third-order valence-corrected chi connectivity index (χ3v) is 6.22. The molecule has 1 aromatic carbocycles. The van der Waals surface area contributed by atoms with Gasteiger partial charge in [-0.15, -0.1) is 0 Å². The van der Waals surface area contributed by atoms with Gasteiger partial charge in [-0.1, -0.05) is 38.1 Å². The summed E-state index contributed by atoms with van der Waals surface area (Å²) in [4.78, 5) is 0. The van der Waals surface area contributed by atoms with E-state index in [9.17, 15) is 0 Å². The maximum Gasteiger partial charge on any atom is 0.0586 e. The highest BCUT2D eigenvalue weighted by Crippen LogP contribution is 2.33. The average molecular weight is 282 g/mol. The number of thioether (sulfide) groups is 2. The van der Waals surface area contributed by atoms with Gasteiger partial charge in [0, 0.05) is 22.5 Å². The van der Waals surface area contributed by atoms with Crippen LogP contribution < -0.4 is 11.3 Å². The second-order valence-corrected chi connectivity index (χ2v) is 7.45. The summed E-state index contributed by atoms with van der Waals surface area (Å²) >= 11 is 4.07. The molecular weight excluding hydrogens is 260 g/mol. The van der Waals surface area contributed by atoms with Crippen LogP contribution >= 0.6 is 23.5 Å². The van der Waals surface area contributed by atoms with Gasteiger partial charge in [0.25, 0.3) is 0 Å². The van der Waals surface area contributed by atoms with Crippen molar-refractivity contribution in [2.75, 3.05) is 17.3 Å². The van der Waals surface area contributed by atoms with Gasteiger partial charge in [-0.3, -0.25) is 11.3 Å². The van der Waals surface area contributed by atoms with Crippen molar-refractivity contribution in [3.63, 3.8) is 0 Å². The minimum absolute atomic E-state index is 0.268. The van der Waals surface area contributed by atoms with Crippen molar-refractivity contribution < 1.29 is 0 Å². The van der Waals surface area contributed by atoms with Crippen molar-refractivity contribution in [1.29, 1.82) is 0 Å². The molecule has 1 fully saturated rings. The van der Waals surface area contributed by atoms with Crippen LogP contribution in [-0.2, 0) is 0 Å². The molecule has 0 bridgehead atoms. The lowest BCUT2D eigenvalue weighted by Gasteiger charge is -2.29. The fourth-order valence-corrected chi connectivity index (χ4v) is 5.06. The fourth-order valence-electron chi connectivity index (χ4n) is 2.20. The Morgan fingerprint density at radius 2 is 1.83 bits per heavy atom. The molecule has 0 aromatic heterocycles. The minimum atomic E-state index is 0.268. The number of hydrogen-bond donors (Lipinski definition) is 2. The monoisotopic (exact) mass is 282 g/mol. The zero-order chi connectivity index (χ0) is 13.0. The average Bonchev–Trinajstić information content (AvgIpc) is 2.41. The van der Waals surface area contributed by atoms with Crippen molar-refractivity contribution in [2.24, 2.45) is 5.84 Å². The van der Waals surface area contributed by atoms with Crippen LogP contribution in [0.3, 0.4) is 0 Å². The first-order valence-corrected chi connectivity index (χ1v) is 8.68. The Labute approximate surface area is 118 Å². The van der Waals surface area contributed by atoms with Crippen molar-refractivity contribution in [1.82, 2.24) is 5.43 Å². The predicted octanol–water partition coefficient (Wildman–Crippen LogP) is 3.16. The summed E-state index contributed by atoms with van der Waals surface area (Å²) in [5.41, 5.74) is 5.70. The zero-order valence-electron chi connectivity index (χ0n) is 11.1. The van der Waals surface area contributed by atoms with Gasteiger partial charge in [-0.2, -0.15) is 23.5 Å². The standard InChI is InChI=1S/C14H22N2S2/c1-10(2)11-3-5-12(6-4-11)14(16-15)13-9-17-7-8-18-13/h3-6,10,13-14,16H,7-9,15H2,1-2H3. The van der Waals surface area contributed by atoms with Crippen LogP contribution in [0.2, 0.25) is 0 Å². The first-order valence-electron chi connectivity index (χ1n) is 6.47. The highest BCUT2D eigenvalue weighted by atomic mass is 32.2. The van der Waals surface area contributed by atoms with E-state index in [2.05, 4.69) is 43.5 Å². The van der Waals surface area contributed by atoms with Gasteiger partial charge < -0.3 is 0 Å². The second kappa shape index (κ2) is 6.85. The van der Waals surface area contributed by atoms with E-state index >= 15 is 0 Å². The van der Waals surface area contributed by atoms with Crippen LogP contribution in [0.4, 0.5) is 0 Å².